The van der Waals surface area contributed by atoms with Crippen molar-refractivity contribution >= 4 is 16.7 Å². The molecule has 2 heterocycles. The molecule has 0 aliphatic carbocycles. The molecule has 5 nitrogen and oxygen atoms in total. The molecule has 0 atom stereocenters. The van der Waals surface area contributed by atoms with Crippen LogP contribution in [0.5, 0.6) is 0 Å². The second kappa shape index (κ2) is 6.85. The Morgan fingerprint density at radius 1 is 1.11 bits per heavy atom. The zero-order valence-electron chi connectivity index (χ0n) is 14.8. The largest absolute Gasteiger partial charge is 0.443 e. The van der Waals surface area contributed by atoms with E-state index >= 15 is 0 Å². The number of fused-ring (bicyclic) bond motifs is 1. The van der Waals surface area contributed by atoms with E-state index in [1.807, 2.05) is 48.5 Å². The van der Waals surface area contributed by atoms with Gasteiger partial charge in [-0.2, -0.15) is 5.26 Å². The Balaban J connectivity index is 1.58. The van der Waals surface area contributed by atoms with Gasteiger partial charge in [-0.1, -0.05) is 36.4 Å². The van der Waals surface area contributed by atoms with E-state index in [-0.39, 0.29) is 17.0 Å². The van der Waals surface area contributed by atoms with E-state index in [0.717, 1.165) is 16.3 Å². The lowest BCUT2D eigenvalue weighted by atomic mass is 10.1. The molecule has 132 valence electrons. The number of benzene rings is 2. The second-order valence-corrected chi connectivity index (χ2v) is 6.28. The second-order valence-electron chi connectivity index (χ2n) is 6.28. The fraction of sp³-hybridized carbons (Fsp3) is 0.0909. The Bertz CT molecular complexity index is 1160. The number of furan rings is 1. The van der Waals surface area contributed by atoms with E-state index in [0.29, 0.717) is 18.2 Å². The van der Waals surface area contributed by atoms with Crippen LogP contribution >= 0.6 is 0 Å². The summed E-state index contributed by atoms with van der Waals surface area (Å²) in [7, 11) is 0. The summed E-state index contributed by atoms with van der Waals surface area (Å²) >= 11 is 0. The molecule has 4 rings (SSSR count). The summed E-state index contributed by atoms with van der Waals surface area (Å²) in [6.07, 6.45) is 3.55. The number of amides is 1. The molecule has 1 amide bonds. The SMILES string of the molecule is Cc1oc(-n2cccc2)c(C#N)c1C(=O)NCc1ccc2ccccc2c1. The molecule has 0 saturated heterocycles. The zero-order chi connectivity index (χ0) is 18.8. The van der Waals surface area contributed by atoms with Crippen LogP contribution in [0.25, 0.3) is 16.7 Å². The van der Waals surface area contributed by atoms with Crippen LogP contribution in [-0.2, 0) is 6.54 Å². The molecule has 0 bridgehead atoms. The third-order valence-electron chi connectivity index (χ3n) is 4.51. The van der Waals surface area contributed by atoms with Gasteiger partial charge in [0, 0.05) is 18.9 Å². The number of hydrogen-bond acceptors (Lipinski definition) is 3. The highest BCUT2D eigenvalue weighted by Gasteiger charge is 2.24. The number of carbonyl (C=O) groups excluding carboxylic acids is 1. The van der Waals surface area contributed by atoms with Gasteiger partial charge in [-0.3, -0.25) is 9.36 Å². The minimum atomic E-state index is -0.320. The fourth-order valence-corrected chi connectivity index (χ4v) is 3.18. The first-order chi connectivity index (χ1) is 13.2. The summed E-state index contributed by atoms with van der Waals surface area (Å²) in [5, 5.41) is 14.7. The summed E-state index contributed by atoms with van der Waals surface area (Å²) in [4.78, 5) is 12.7. The van der Waals surface area contributed by atoms with E-state index in [9.17, 15) is 10.1 Å². The van der Waals surface area contributed by atoms with Gasteiger partial charge < -0.3 is 9.73 Å². The zero-order valence-corrected chi connectivity index (χ0v) is 14.8. The predicted octanol–water partition coefficient (Wildman–Crippen LogP) is 4.33. The van der Waals surface area contributed by atoms with Crippen molar-refractivity contribution in [2.45, 2.75) is 13.5 Å². The van der Waals surface area contributed by atoms with Gasteiger partial charge in [0.15, 0.2) is 0 Å². The van der Waals surface area contributed by atoms with E-state index in [2.05, 4.69) is 17.5 Å². The highest BCUT2D eigenvalue weighted by molar-refractivity contribution is 5.98. The van der Waals surface area contributed by atoms with Gasteiger partial charge >= 0.3 is 0 Å². The van der Waals surface area contributed by atoms with Crippen LogP contribution in [0.3, 0.4) is 0 Å². The first-order valence-electron chi connectivity index (χ1n) is 8.60. The number of nitrogens with zero attached hydrogens (tertiary/aromatic N) is 2. The smallest absolute Gasteiger partial charge is 0.256 e. The molecule has 2 aromatic carbocycles. The molecule has 1 N–H and O–H groups in total. The fourth-order valence-electron chi connectivity index (χ4n) is 3.18. The van der Waals surface area contributed by atoms with Crippen molar-refractivity contribution in [3.8, 4) is 12.0 Å². The van der Waals surface area contributed by atoms with Crippen LogP contribution in [-0.4, -0.2) is 10.5 Å². The number of aromatic nitrogens is 1. The number of nitriles is 1. The first-order valence-corrected chi connectivity index (χ1v) is 8.60. The molecule has 0 radical (unpaired) electrons. The van der Waals surface area contributed by atoms with Crippen molar-refractivity contribution in [2.75, 3.05) is 0 Å². The van der Waals surface area contributed by atoms with Gasteiger partial charge in [-0.25, -0.2) is 0 Å². The summed E-state index contributed by atoms with van der Waals surface area (Å²) in [6.45, 7) is 2.07. The summed E-state index contributed by atoms with van der Waals surface area (Å²) < 4.78 is 7.38. The maximum atomic E-state index is 12.7. The van der Waals surface area contributed by atoms with E-state index in [1.165, 1.54) is 0 Å². The van der Waals surface area contributed by atoms with Crippen LogP contribution in [0.15, 0.2) is 71.4 Å². The normalized spacial score (nSPS) is 10.7. The van der Waals surface area contributed by atoms with E-state index in [1.54, 1.807) is 23.9 Å². The maximum Gasteiger partial charge on any atom is 0.256 e. The predicted molar refractivity (Wildman–Crippen MR) is 103 cm³/mol. The molecule has 4 aromatic rings. The van der Waals surface area contributed by atoms with E-state index in [4.69, 9.17) is 4.42 Å². The van der Waals surface area contributed by atoms with E-state index < -0.39 is 0 Å². The lowest BCUT2D eigenvalue weighted by molar-refractivity contribution is 0.0949. The molecule has 2 aromatic heterocycles. The molecular weight excluding hydrogens is 338 g/mol. The van der Waals surface area contributed by atoms with Crippen molar-refractivity contribution in [3.63, 3.8) is 0 Å². The third kappa shape index (κ3) is 3.09. The molecule has 0 saturated carbocycles. The Hall–Kier alpha value is -3.78. The van der Waals surface area contributed by atoms with Crippen LogP contribution in [0.4, 0.5) is 0 Å². The van der Waals surface area contributed by atoms with Gasteiger partial charge in [-0.15, -0.1) is 0 Å². The summed E-state index contributed by atoms with van der Waals surface area (Å²) in [6, 6.07) is 19.9. The highest BCUT2D eigenvalue weighted by Crippen LogP contribution is 2.25. The topological polar surface area (TPSA) is 71.0 Å². The minimum Gasteiger partial charge on any atom is -0.443 e. The summed E-state index contributed by atoms with van der Waals surface area (Å²) in [5.41, 5.74) is 1.51. The molecule has 27 heavy (non-hydrogen) atoms. The number of carbonyl (C=O) groups is 1. The molecule has 0 fully saturated rings. The quantitative estimate of drug-likeness (QED) is 0.592. The minimum absolute atomic E-state index is 0.236. The third-order valence-corrected chi connectivity index (χ3v) is 4.51. The number of nitrogens with one attached hydrogen (secondary N) is 1. The van der Waals surface area contributed by atoms with Crippen molar-refractivity contribution in [1.82, 2.24) is 9.88 Å². The average Bonchev–Trinajstić information content (AvgIpc) is 3.33. The molecule has 0 aliphatic heterocycles. The number of hydrogen-bond donors (Lipinski definition) is 1. The maximum absolute atomic E-state index is 12.7. The standard InChI is InChI=1S/C22H17N3O2/c1-15-20(19(13-23)22(27-15)25-10-4-5-11-25)21(26)24-14-16-8-9-17-6-2-3-7-18(17)12-16/h2-12H,14H2,1H3,(H,24,26). The Morgan fingerprint density at radius 2 is 1.85 bits per heavy atom. The molecule has 5 heteroatoms. The lowest BCUT2D eigenvalue weighted by Gasteiger charge is -2.06. The van der Waals surface area contributed by atoms with Gasteiger partial charge in [-0.05, 0) is 41.5 Å². The molecule has 0 aliphatic rings. The molecule has 0 unspecified atom stereocenters. The summed E-state index contributed by atoms with van der Waals surface area (Å²) in [5.74, 6) is 0.460. The Morgan fingerprint density at radius 3 is 2.59 bits per heavy atom. The van der Waals surface area contributed by atoms with Crippen molar-refractivity contribution in [3.05, 3.63) is 89.4 Å². The lowest BCUT2D eigenvalue weighted by Crippen LogP contribution is -2.24. The van der Waals surface area contributed by atoms with Gasteiger partial charge in [0.05, 0.1) is 0 Å². The van der Waals surface area contributed by atoms with Crippen LogP contribution in [0.1, 0.15) is 27.2 Å². The molecular formula is C22H17N3O2. The average molecular weight is 355 g/mol. The Kier molecular flexibility index (Phi) is 4.23. The van der Waals surface area contributed by atoms with Crippen LogP contribution < -0.4 is 5.32 Å². The van der Waals surface area contributed by atoms with Gasteiger partial charge in [0.1, 0.15) is 23.0 Å². The van der Waals surface area contributed by atoms with Gasteiger partial charge in [0.25, 0.3) is 5.91 Å². The van der Waals surface area contributed by atoms with Gasteiger partial charge in [0.2, 0.25) is 5.88 Å². The van der Waals surface area contributed by atoms with Crippen molar-refractivity contribution < 1.29 is 9.21 Å². The first kappa shape index (κ1) is 16.7. The highest BCUT2D eigenvalue weighted by atomic mass is 16.4. The monoisotopic (exact) mass is 355 g/mol. The van der Waals surface area contributed by atoms with Crippen LogP contribution in [0, 0.1) is 18.3 Å². The number of aryl methyl sites for hydroxylation is 1. The molecule has 0 spiro atoms. The number of rotatable bonds is 4. The van der Waals surface area contributed by atoms with Crippen LogP contribution in [0.2, 0.25) is 0 Å². The van der Waals surface area contributed by atoms with Crippen molar-refractivity contribution in [1.29, 1.82) is 5.26 Å². The van der Waals surface area contributed by atoms with Crippen molar-refractivity contribution in [2.24, 2.45) is 0 Å². The Labute approximate surface area is 156 Å².